The molecule has 6 heteroatoms. The number of rotatable bonds is 2. The Labute approximate surface area is 106 Å². The molecule has 0 unspecified atom stereocenters. The smallest absolute Gasteiger partial charge is 0.230 e. The van der Waals surface area contributed by atoms with Crippen molar-refractivity contribution in [2.75, 3.05) is 6.26 Å². The third-order valence-electron chi connectivity index (χ3n) is 2.30. The Morgan fingerprint density at radius 1 is 1.11 bits per heavy atom. The minimum Gasteiger partial charge on any atom is -0.230 e. The van der Waals surface area contributed by atoms with Crippen molar-refractivity contribution in [1.82, 2.24) is 9.97 Å². The first-order valence-corrected chi connectivity index (χ1v) is 6.28. The van der Waals surface area contributed by atoms with Gasteiger partial charge in [0.2, 0.25) is 0 Å². The Bertz CT molecular complexity index is 541. The second-order valence-corrected chi connectivity index (χ2v) is 4.26. The van der Waals surface area contributed by atoms with E-state index in [4.69, 9.17) is 0 Å². The number of hydrogen-bond donors (Lipinski definition) is 0. The van der Waals surface area contributed by atoms with Crippen molar-refractivity contribution in [3.05, 3.63) is 42.2 Å². The molecular weight excluding hydrogens is 261 g/mol. The number of thioether (sulfide) groups is 1. The molecule has 0 aliphatic heterocycles. The van der Waals surface area contributed by atoms with Crippen molar-refractivity contribution in [3.8, 4) is 11.1 Å². The lowest BCUT2D eigenvalue weighted by atomic mass is 10.1. The van der Waals surface area contributed by atoms with E-state index in [-0.39, 0.29) is 10.7 Å². The second kappa shape index (κ2) is 4.97. The fourth-order valence-electron chi connectivity index (χ4n) is 1.51. The molecular formula is C12H9F3N2S. The average molecular weight is 270 g/mol. The van der Waals surface area contributed by atoms with Gasteiger partial charge in [-0.2, -0.15) is 13.2 Å². The second-order valence-electron chi connectivity index (χ2n) is 3.48. The van der Waals surface area contributed by atoms with Crippen LogP contribution in [-0.2, 0) is 6.18 Å². The number of alkyl halides is 3. The van der Waals surface area contributed by atoms with Gasteiger partial charge in [0.05, 0.1) is 0 Å². The Hall–Kier alpha value is -1.56. The lowest BCUT2D eigenvalue weighted by Gasteiger charge is -2.12. The SMILES string of the molecule is CSc1ncc(-c2ccccc2)c(C(F)(F)F)n1. The van der Waals surface area contributed by atoms with E-state index in [1.165, 1.54) is 6.20 Å². The monoisotopic (exact) mass is 270 g/mol. The van der Waals surface area contributed by atoms with Crippen molar-refractivity contribution in [2.24, 2.45) is 0 Å². The molecule has 1 aromatic carbocycles. The molecule has 0 saturated carbocycles. The maximum Gasteiger partial charge on any atom is 0.434 e. The van der Waals surface area contributed by atoms with Crippen molar-refractivity contribution in [2.45, 2.75) is 11.3 Å². The summed E-state index contributed by atoms with van der Waals surface area (Å²) in [6, 6.07) is 8.31. The summed E-state index contributed by atoms with van der Waals surface area (Å²) in [7, 11) is 0. The van der Waals surface area contributed by atoms with E-state index in [0.717, 1.165) is 11.8 Å². The van der Waals surface area contributed by atoms with Crippen LogP contribution in [0.5, 0.6) is 0 Å². The Morgan fingerprint density at radius 2 is 1.78 bits per heavy atom. The number of aromatic nitrogens is 2. The van der Waals surface area contributed by atoms with Crippen LogP contribution in [0.3, 0.4) is 0 Å². The maximum absolute atomic E-state index is 13.0. The van der Waals surface area contributed by atoms with Gasteiger partial charge in [-0.25, -0.2) is 9.97 Å². The first kappa shape index (κ1) is 12.9. The molecule has 2 nitrogen and oxygen atoms in total. The zero-order valence-corrected chi connectivity index (χ0v) is 10.2. The molecule has 18 heavy (non-hydrogen) atoms. The minimum atomic E-state index is -4.49. The first-order chi connectivity index (χ1) is 8.52. The lowest BCUT2D eigenvalue weighted by Crippen LogP contribution is -2.11. The molecule has 0 radical (unpaired) electrons. The van der Waals surface area contributed by atoms with Gasteiger partial charge in [-0.3, -0.25) is 0 Å². The normalized spacial score (nSPS) is 11.6. The van der Waals surface area contributed by atoms with Crippen molar-refractivity contribution >= 4 is 11.8 Å². The molecule has 0 aliphatic rings. The third-order valence-corrected chi connectivity index (χ3v) is 2.86. The molecule has 0 fully saturated rings. The van der Waals surface area contributed by atoms with Crippen molar-refractivity contribution in [3.63, 3.8) is 0 Å². The van der Waals surface area contributed by atoms with E-state index in [2.05, 4.69) is 9.97 Å². The van der Waals surface area contributed by atoms with E-state index in [9.17, 15) is 13.2 Å². The van der Waals surface area contributed by atoms with Gasteiger partial charge in [0.1, 0.15) is 0 Å². The first-order valence-electron chi connectivity index (χ1n) is 5.06. The van der Waals surface area contributed by atoms with E-state index in [0.29, 0.717) is 5.56 Å². The predicted octanol–water partition coefficient (Wildman–Crippen LogP) is 3.88. The van der Waals surface area contributed by atoms with Crippen LogP contribution in [0.4, 0.5) is 13.2 Å². The van der Waals surface area contributed by atoms with Crippen LogP contribution in [0, 0.1) is 0 Å². The zero-order chi connectivity index (χ0) is 13.2. The summed E-state index contributed by atoms with van der Waals surface area (Å²) in [6.45, 7) is 0. The Morgan fingerprint density at radius 3 is 2.33 bits per heavy atom. The summed E-state index contributed by atoms with van der Waals surface area (Å²) in [5, 5.41) is 0.113. The molecule has 0 bridgehead atoms. The molecule has 1 aromatic heterocycles. The Kier molecular flexibility index (Phi) is 3.56. The highest BCUT2D eigenvalue weighted by atomic mass is 32.2. The lowest BCUT2D eigenvalue weighted by molar-refractivity contribution is -0.141. The van der Waals surface area contributed by atoms with Gasteiger partial charge >= 0.3 is 6.18 Å². The molecule has 2 rings (SSSR count). The minimum absolute atomic E-state index is 0.000833. The van der Waals surface area contributed by atoms with E-state index in [1.807, 2.05) is 0 Å². The highest BCUT2D eigenvalue weighted by Crippen LogP contribution is 2.35. The highest BCUT2D eigenvalue weighted by Gasteiger charge is 2.36. The predicted molar refractivity (Wildman–Crippen MR) is 64.3 cm³/mol. The fourth-order valence-corrected chi connectivity index (χ4v) is 1.85. The highest BCUT2D eigenvalue weighted by molar-refractivity contribution is 7.98. The molecule has 0 amide bonds. The van der Waals surface area contributed by atoms with Gasteiger partial charge < -0.3 is 0 Å². The fraction of sp³-hybridized carbons (Fsp3) is 0.167. The standard InChI is InChI=1S/C12H9F3N2S/c1-18-11-16-7-9(8-5-3-2-4-6-8)10(17-11)12(13,14)15/h2-7H,1H3. The summed E-state index contributed by atoms with van der Waals surface area (Å²) in [4.78, 5) is 7.47. The number of hydrogen-bond acceptors (Lipinski definition) is 3. The van der Waals surface area contributed by atoms with Gasteiger partial charge in [-0.1, -0.05) is 42.1 Å². The molecule has 0 N–H and O–H groups in total. The summed E-state index contributed by atoms with van der Waals surface area (Å²) < 4.78 is 38.9. The Balaban J connectivity index is 2.61. The van der Waals surface area contributed by atoms with E-state index in [1.54, 1.807) is 36.6 Å². The van der Waals surface area contributed by atoms with Crippen LogP contribution in [0.2, 0.25) is 0 Å². The number of nitrogens with zero attached hydrogens (tertiary/aromatic N) is 2. The summed E-state index contributed by atoms with van der Waals surface area (Å²) in [5.41, 5.74) is -0.438. The third kappa shape index (κ3) is 2.64. The molecule has 0 aliphatic carbocycles. The van der Waals surface area contributed by atoms with Crippen LogP contribution in [0.1, 0.15) is 5.69 Å². The van der Waals surface area contributed by atoms with Gasteiger partial charge in [0.15, 0.2) is 10.9 Å². The molecule has 1 heterocycles. The van der Waals surface area contributed by atoms with Crippen molar-refractivity contribution in [1.29, 1.82) is 0 Å². The summed E-state index contributed by atoms with van der Waals surface area (Å²) in [6.07, 6.45) is -1.63. The largest absolute Gasteiger partial charge is 0.434 e. The molecule has 2 aromatic rings. The number of halogens is 3. The van der Waals surface area contributed by atoms with Crippen molar-refractivity contribution < 1.29 is 13.2 Å². The van der Waals surface area contributed by atoms with Crippen LogP contribution >= 0.6 is 11.8 Å². The topological polar surface area (TPSA) is 25.8 Å². The summed E-state index contributed by atoms with van der Waals surface area (Å²) >= 11 is 1.08. The van der Waals surface area contributed by atoms with Crippen LogP contribution < -0.4 is 0 Å². The van der Waals surface area contributed by atoms with Gasteiger partial charge in [0, 0.05) is 11.8 Å². The van der Waals surface area contributed by atoms with E-state index < -0.39 is 11.9 Å². The number of benzene rings is 1. The van der Waals surface area contributed by atoms with Crippen LogP contribution in [0.15, 0.2) is 41.7 Å². The molecule has 0 atom stereocenters. The zero-order valence-electron chi connectivity index (χ0n) is 9.40. The van der Waals surface area contributed by atoms with Gasteiger partial charge in [0.25, 0.3) is 0 Å². The van der Waals surface area contributed by atoms with Crippen LogP contribution in [-0.4, -0.2) is 16.2 Å². The molecule has 0 spiro atoms. The quantitative estimate of drug-likeness (QED) is 0.611. The molecule has 0 saturated heterocycles. The van der Waals surface area contributed by atoms with E-state index >= 15 is 0 Å². The maximum atomic E-state index is 13.0. The summed E-state index contributed by atoms with van der Waals surface area (Å²) in [5.74, 6) is 0. The average Bonchev–Trinajstić information content (AvgIpc) is 2.38. The molecule has 94 valence electrons. The van der Waals surface area contributed by atoms with Gasteiger partial charge in [-0.15, -0.1) is 0 Å². The van der Waals surface area contributed by atoms with Crippen LogP contribution in [0.25, 0.3) is 11.1 Å². The van der Waals surface area contributed by atoms with Gasteiger partial charge in [-0.05, 0) is 11.8 Å².